The fraction of sp³-hybridized carbons (Fsp3) is 0.625. The summed E-state index contributed by atoms with van der Waals surface area (Å²) >= 11 is 1.13. The van der Waals surface area contributed by atoms with Crippen molar-refractivity contribution in [3.63, 3.8) is 0 Å². The summed E-state index contributed by atoms with van der Waals surface area (Å²) in [4.78, 5) is 3.93. The van der Waals surface area contributed by atoms with E-state index in [1.807, 2.05) is 0 Å². The van der Waals surface area contributed by atoms with Gasteiger partial charge in [-0.3, -0.25) is 0 Å². The summed E-state index contributed by atoms with van der Waals surface area (Å²) in [7, 11) is -3.43. The molecule has 0 bridgehead atoms. The average Bonchev–Trinajstić information content (AvgIpc) is 2.49. The van der Waals surface area contributed by atoms with Crippen molar-refractivity contribution < 1.29 is 13.2 Å². The Morgan fingerprint density at radius 2 is 2.47 bits per heavy atom. The van der Waals surface area contributed by atoms with Crippen LogP contribution in [0.5, 0.6) is 0 Å². The van der Waals surface area contributed by atoms with E-state index in [2.05, 4.69) is 9.71 Å². The molecule has 0 amide bonds. The van der Waals surface area contributed by atoms with Crippen LogP contribution in [0.2, 0.25) is 0 Å². The number of hydrogen-bond donors (Lipinski definition) is 1. The second kappa shape index (κ2) is 4.17. The molecule has 1 saturated heterocycles. The monoisotopic (exact) mass is 248 g/mol. The molecule has 1 aliphatic rings. The van der Waals surface area contributed by atoms with Crippen molar-refractivity contribution in [1.29, 1.82) is 0 Å². The van der Waals surface area contributed by atoms with E-state index < -0.39 is 10.0 Å². The summed E-state index contributed by atoms with van der Waals surface area (Å²) in [6.45, 7) is 2.83. The molecule has 1 N–H and O–H groups in total. The molecule has 0 radical (unpaired) electrons. The highest BCUT2D eigenvalue weighted by Gasteiger charge is 2.23. The fourth-order valence-corrected chi connectivity index (χ4v) is 3.31. The second-order valence-corrected chi connectivity index (χ2v) is 6.19. The van der Waals surface area contributed by atoms with Crippen LogP contribution >= 0.6 is 11.3 Å². The molecule has 5 nitrogen and oxygen atoms in total. The van der Waals surface area contributed by atoms with Crippen LogP contribution in [0, 0.1) is 6.92 Å². The maximum Gasteiger partial charge on any atom is 0.267 e. The minimum atomic E-state index is -3.43. The molecule has 1 aromatic rings. The van der Waals surface area contributed by atoms with Gasteiger partial charge in [0, 0.05) is 24.2 Å². The molecule has 0 aromatic carbocycles. The molecule has 1 unspecified atom stereocenters. The van der Waals surface area contributed by atoms with Crippen molar-refractivity contribution in [1.82, 2.24) is 9.71 Å². The minimum Gasteiger partial charge on any atom is -0.377 e. The standard InChI is InChI=1S/C8H12N2O3S2/c1-6-5-14-8(10-6)15(11,12)9-4-7-2-3-13-7/h5,7,9H,2-4H2,1H3. The van der Waals surface area contributed by atoms with Gasteiger partial charge in [0.25, 0.3) is 10.0 Å². The Balaban J connectivity index is 1.99. The van der Waals surface area contributed by atoms with E-state index in [9.17, 15) is 8.42 Å². The van der Waals surface area contributed by atoms with Gasteiger partial charge in [0.1, 0.15) is 0 Å². The number of thiazole rings is 1. The predicted molar refractivity (Wildman–Crippen MR) is 56.4 cm³/mol. The van der Waals surface area contributed by atoms with Crippen LogP contribution in [0.1, 0.15) is 12.1 Å². The fourth-order valence-electron chi connectivity index (χ4n) is 1.17. The van der Waals surface area contributed by atoms with Gasteiger partial charge in [-0.1, -0.05) is 0 Å². The highest BCUT2D eigenvalue weighted by atomic mass is 32.2. The molecule has 0 aliphatic carbocycles. The third-order valence-corrected chi connectivity index (χ3v) is 4.92. The van der Waals surface area contributed by atoms with Gasteiger partial charge in [0.2, 0.25) is 4.34 Å². The first-order valence-corrected chi connectivity index (χ1v) is 6.97. The average molecular weight is 248 g/mol. The molecule has 1 fully saturated rings. The Morgan fingerprint density at radius 3 is 2.93 bits per heavy atom. The largest absolute Gasteiger partial charge is 0.377 e. The lowest BCUT2D eigenvalue weighted by atomic mass is 10.2. The normalized spacial score (nSPS) is 21.3. The predicted octanol–water partition coefficient (Wildman–Crippen LogP) is 0.519. The molecule has 0 spiro atoms. The van der Waals surface area contributed by atoms with Crippen LogP contribution in [0.4, 0.5) is 0 Å². The topological polar surface area (TPSA) is 68.3 Å². The van der Waals surface area contributed by atoms with E-state index in [4.69, 9.17) is 4.74 Å². The van der Waals surface area contributed by atoms with Crippen LogP contribution in [0.3, 0.4) is 0 Å². The van der Waals surface area contributed by atoms with Crippen LogP contribution in [-0.4, -0.2) is 32.7 Å². The molecule has 7 heteroatoms. The summed E-state index contributed by atoms with van der Waals surface area (Å²) in [6, 6.07) is 0. The smallest absolute Gasteiger partial charge is 0.267 e. The van der Waals surface area contributed by atoms with Gasteiger partial charge in [-0.05, 0) is 13.3 Å². The molecule has 1 atom stereocenters. The number of aryl methyl sites for hydroxylation is 1. The minimum absolute atomic E-state index is 0.0286. The zero-order valence-corrected chi connectivity index (χ0v) is 9.90. The maximum absolute atomic E-state index is 11.7. The molecule has 1 aliphatic heterocycles. The first-order valence-electron chi connectivity index (χ1n) is 4.61. The lowest BCUT2D eigenvalue weighted by molar-refractivity contribution is -0.0455. The van der Waals surface area contributed by atoms with Gasteiger partial charge < -0.3 is 4.74 Å². The second-order valence-electron chi connectivity index (χ2n) is 3.39. The van der Waals surface area contributed by atoms with E-state index in [1.54, 1.807) is 12.3 Å². The van der Waals surface area contributed by atoms with Crippen LogP contribution in [-0.2, 0) is 14.8 Å². The van der Waals surface area contributed by atoms with E-state index >= 15 is 0 Å². The van der Waals surface area contributed by atoms with Gasteiger partial charge in [0.05, 0.1) is 6.10 Å². The van der Waals surface area contributed by atoms with E-state index in [1.165, 1.54) is 0 Å². The van der Waals surface area contributed by atoms with Gasteiger partial charge >= 0.3 is 0 Å². The van der Waals surface area contributed by atoms with Crippen LogP contribution in [0.15, 0.2) is 9.72 Å². The molecule has 1 aromatic heterocycles. The van der Waals surface area contributed by atoms with E-state index in [0.29, 0.717) is 6.54 Å². The van der Waals surface area contributed by atoms with Gasteiger partial charge in [-0.2, -0.15) is 0 Å². The van der Waals surface area contributed by atoms with Gasteiger partial charge in [-0.15, -0.1) is 11.3 Å². The Bertz CT molecular complexity index is 436. The molecule has 2 rings (SSSR count). The number of aromatic nitrogens is 1. The van der Waals surface area contributed by atoms with Crippen molar-refractivity contribution >= 4 is 21.4 Å². The number of sulfonamides is 1. The number of nitrogens with one attached hydrogen (secondary N) is 1. The molecule has 2 heterocycles. The molecule has 15 heavy (non-hydrogen) atoms. The Kier molecular flexibility index (Phi) is 3.06. The molecule has 84 valence electrons. The third-order valence-electron chi connectivity index (χ3n) is 2.12. The van der Waals surface area contributed by atoms with Crippen molar-refractivity contribution in [2.45, 2.75) is 23.8 Å². The first-order chi connectivity index (χ1) is 7.08. The van der Waals surface area contributed by atoms with Crippen molar-refractivity contribution in [3.8, 4) is 0 Å². The van der Waals surface area contributed by atoms with Gasteiger partial charge in [-0.25, -0.2) is 18.1 Å². The number of rotatable bonds is 4. The summed E-state index contributed by atoms with van der Waals surface area (Å²) in [5.41, 5.74) is 0.722. The molecular weight excluding hydrogens is 236 g/mol. The summed E-state index contributed by atoms with van der Waals surface area (Å²) in [6.07, 6.45) is 0.945. The zero-order chi connectivity index (χ0) is 10.9. The lowest BCUT2D eigenvalue weighted by Crippen LogP contribution is -2.39. The molecule has 0 saturated carbocycles. The van der Waals surface area contributed by atoms with Crippen LogP contribution < -0.4 is 4.72 Å². The Labute approximate surface area is 92.5 Å². The first kappa shape index (κ1) is 11.0. The maximum atomic E-state index is 11.7. The Hall–Kier alpha value is -0.500. The molecular formula is C8H12N2O3S2. The third kappa shape index (κ3) is 2.54. The van der Waals surface area contributed by atoms with Gasteiger partial charge in [0.15, 0.2) is 0 Å². The highest BCUT2D eigenvalue weighted by Crippen LogP contribution is 2.16. The van der Waals surface area contributed by atoms with E-state index in [0.717, 1.165) is 30.1 Å². The lowest BCUT2D eigenvalue weighted by Gasteiger charge is -2.26. The number of ether oxygens (including phenoxy) is 1. The number of nitrogens with zero attached hydrogens (tertiary/aromatic N) is 1. The van der Waals surface area contributed by atoms with Crippen molar-refractivity contribution in [2.75, 3.05) is 13.2 Å². The Morgan fingerprint density at radius 1 is 1.73 bits per heavy atom. The quantitative estimate of drug-likeness (QED) is 0.843. The number of hydrogen-bond acceptors (Lipinski definition) is 5. The van der Waals surface area contributed by atoms with Crippen molar-refractivity contribution in [3.05, 3.63) is 11.1 Å². The highest BCUT2D eigenvalue weighted by molar-refractivity contribution is 7.91. The summed E-state index contributed by atoms with van der Waals surface area (Å²) < 4.78 is 31.1. The van der Waals surface area contributed by atoms with Crippen LogP contribution in [0.25, 0.3) is 0 Å². The summed E-state index contributed by atoms with van der Waals surface area (Å²) in [5, 5.41) is 1.72. The zero-order valence-electron chi connectivity index (χ0n) is 8.26. The SMILES string of the molecule is Cc1csc(S(=O)(=O)NCC2CCO2)n1. The summed E-state index contributed by atoms with van der Waals surface area (Å²) in [5.74, 6) is 0. The van der Waals surface area contributed by atoms with E-state index in [-0.39, 0.29) is 10.4 Å². The van der Waals surface area contributed by atoms with Crippen molar-refractivity contribution in [2.24, 2.45) is 0 Å².